The summed E-state index contributed by atoms with van der Waals surface area (Å²) in [6.07, 6.45) is 0.583. The Morgan fingerprint density at radius 3 is 2.44 bits per heavy atom. The van der Waals surface area contributed by atoms with Crippen molar-refractivity contribution in [2.24, 2.45) is 0 Å². The maximum Gasteiger partial charge on any atom is 0.404 e. The van der Waals surface area contributed by atoms with Crippen LogP contribution in [0.4, 0.5) is 4.79 Å². The van der Waals surface area contributed by atoms with E-state index in [4.69, 9.17) is 9.47 Å². The second kappa shape index (κ2) is 12.4. The summed E-state index contributed by atoms with van der Waals surface area (Å²) in [6, 6.07) is 24.3. The average Bonchev–Trinajstić information content (AvgIpc) is 3.23. The second-order valence-electron chi connectivity index (χ2n) is 8.83. The number of carboxylic acid groups (broad SMARTS) is 1. The lowest BCUT2D eigenvalue weighted by molar-refractivity contribution is 0.0672. The summed E-state index contributed by atoms with van der Waals surface area (Å²) in [5, 5.41) is 26.1. The highest BCUT2D eigenvalue weighted by Crippen LogP contribution is 2.43. The third-order valence-electron chi connectivity index (χ3n) is 6.27. The smallest absolute Gasteiger partial charge is 0.404 e. The van der Waals surface area contributed by atoms with Crippen LogP contribution >= 0.6 is 0 Å². The van der Waals surface area contributed by atoms with E-state index >= 15 is 0 Å². The minimum atomic E-state index is -1.17. The molecule has 36 heavy (non-hydrogen) atoms. The number of amides is 1. The highest BCUT2D eigenvalue weighted by molar-refractivity contribution is 5.65. The molecule has 0 heterocycles. The molecule has 7 heteroatoms. The molecule has 4 N–H and O–H groups in total. The van der Waals surface area contributed by atoms with Gasteiger partial charge in [-0.1, -0.05) is 60.7 Å². The van der Waals surface area contributed by atoms with Crippen LogP contribution in [-0.2, 0) is 11.2 Å². The van der Waals surface area contributed by atoms with Gasteiger partial charge in [0.2, 0.25) is 0 Å². The predicted molar refractivity (Wildman–Crippen MR) is 138 cm³/mol. The van der Waals surface area contributed by atoms with E-state index in [1.807, 2.05) is 78.9 Å². The van der Waals surface area contributed by atoms with Crippen molar-refractivity contribution >= 4 is 6.09 Å². The van der Waals surface area contributed by atoms with Crippen LogP contribution in [0, 0.1) is 0 Å². The van der Waals surface area contributed by atoms with Gasteiger partial charge in [0.1, 0.15) is 11.5 Å². The number of ether oxygens (including phenoxy) is 2. The van der Waals surface area contributed by atoms with Gasteiger partial charge in [-0.15, -0.1) is 6.58 Å². The van der Waals surface area contributed by atoms with Gasteiger partial charge in [0.05, 0.1) is 24.9 Å². The van der Waals surface area contributed by atoms with Gasteiger partial charge in [-0.25, -0.2) is 4.79 Å². The van der Waals surface area contributed by atoms with E-state index in [-0.39, 0.29) is 18.7 Å². The summed E-state index contributed by atoms with van der Waals surface area (Å²) in [5.74, 6) is 1.46. The molecule has 188 valence electrons. The molecule has 0 saturated carbocycles. The van der Waals surface area contributed by atoms with Crippen LogP contribution in [0.5, 0.6) is 11.5 Å². The summed E-state index contributed by atoms with van der Waals surface area (Å²) in [7, 11) is 0. The molecule has 3 aromatic rings. The molecule has 1 aliphatic carbocycles. The predicted octanol–water partition coefficient (Wildman–Crippen LogP) is 5.00. The number of hydrogen-bond acceptors (Lipinski definition) is 5. The Labute approximate surface area is 211 Å². The fraction of sp³-hybridized carbons (Fsp3) is 0.276. The summed E-state index contributed by atoms with van der Waals surface area (Å²) in [4.78, 5) is 11.4. The van der Waals surface area contributed by atoms with Gasteiger partial charge in [0, 0.05) is 12.6 Å². The SMILES string of the molecule is C=CCOC1CC(NC[C@@H](O)C(Cc2ccccc2)NC(=O)O)c2cc(Oc3ccccc3)ccc21. The van der Waals surface area contributed by atoms with E-state index in [0.717, 1.165) is 22.4 Å². The Morgan fingerprint density at radius 1 is 1.03 bits per heavy atom. The first-order chi connectivity index (χ1) is 17.5. The number of para-hydroxylation sites is 1. The molecule has 3 aromatic carbocycles. The van der Waals surface area contributed by atoms with Gasteiger partial charge in [-0.2, -0.15) is 0 Å². The topological polar surface area (TPSA) is 100 Å². The Morgan fingerprint density at radius 2 is 1.75 bits per heavy atom. The van der Waals surface area contributed by atoms with Crippen LogP contribution in [0.25, 0.3) is 0 Å². The molecule has 4 rings (SSSR count). The number of rotatable bonds is 12. The molecule has 0 aliphatic heterocycles. The van der Waals surface area contributed by atoms with Gasteiger partial charge in [0.15, 0.2) is 0 Å². The zero-order chi connectivity index (χ0) is 25.3. The third kappa shape index (κ3) is 6.73. The normalized spacial score (nSPS) is 18.1. The van der Waals surface area contributed by atoms with E-state index in [0.29, 0.717) is 25.2 Å². The van der Waals surface area contributed by atoms with Crippen LogP contribution in [0.3, 0.4) is 0 Å². The van der Waals surface area contributed by atoms with Gasteiger partial charge < -0.3 is 30.3 Å². The van der Waals surface area contributed by atoms with Crippen molar-refractivity contribution in [1.29, 1.82) is 0 Å². The Bertz CT molecular complexity index is 1140. The quantitative estimate of drug-likeness (QED) is 0.268. The Kier molecular flexibility index (Phi) is 8.73. The lowest BCUT2D eigenvalue weighted by Gasteiger charge is -2.25. The van der Waals surface area contributed by atoms with E-state index in [2.05, 4.69) is 17.2 Å². The molecule has 1 aliphatic rings. The standard InChI is InChI=1S/C29H32N2O5/c1-2-15-35-28-18-25(24-17-22(13-14-23(24)28)36-21-11-7-4-8-12-21)30-19-27(32)26(31-29(33)34)16-20-9-5-3-6-10-20/h2-14,17,25-28,30-32H,1,15-16,18-19H2,(H,33,34)/t25?,26?,27-,28?/m1/s1. The Hall–Kier alpha value is -3.65. The van der Waals surface area contributed by atoms with E-state index in [1.165, 1.54) is 0 Å². The lowest BCUT2D eigenvalue weighted by atomic mass is 10.0. The number of aliphatic hydroxyl groups is 1. The average molecular weight is 489 g/mol. The molecule has 0 spiro atoms. The van der Waals surface area contributed by atoms with Gasteiger partial charge in [-0.05, 0) is 53.8 Å². The second-order valence-corrected chi connectivity index (χ2v) is 8.83. The summed E-state index contributed by atoms with van der Waals surface area (Å²) in [6.45, 7) is 4.39. The first kappa shape index (κ1) is 25.4. The number of benzene rings is 3. The number of hydrogen-bond donors (Lipinski definition) is 4. The molecular formula is C29H32N2O5. The van der Waals surface area contributed by atoms with E-state index < -0.39 is 18.2 Å². The molecule has 0 aromatic heterocycles. The number of carbonyl (C=O) groups is 1. The minimum Gasteiger partial charge on any atom is -0.465 e. The third-order valence-corrected chi connectivity index (χ3v) is 6.27. The minimum absolute atomic E-state index is 0.0917. The Balaban J connectivity index is 1.48. The molecule has 0 fully saturated rings. The van der Waals surface area contributed by atoms with Crippen LogP contribution in [0.1, 0.15) is 35.3 Å². The molecule has 0 radical (unpaired) electrons. The van der Waals surface area contributed by atoms with Crippen LogP contribution in [0.2, 0.25) is 0 Å². The highest BCUT2D eigenvalue weighted by Gasteiger charge is 2.33. The summed E-state index contributed by atoms with van der Waals surface area (Å²) in [5.41, 5.74) is 3.05. The summed E-state index contributed by atoms with van der Waals surface area (Å²) >= 11 is 0. The lowest BCUT2D eigenvalue weighted by Crippen LogP contribution is -2.48. The van der Waals surface area contributed by atoms with Crippen molar-refractivity contribution < 1.29 is 24.5 Å². The van der Waals surface area contributed by atoms with Crippen molar-refractivity contribution in [2.75, 3.05) is 13.2 Å². The van der Waals surface area contributed by atoms with Crippen molar-refractivity contribution in [3.8, 4) is 11.5 Å². The first-order valence-electron chi connectivity index (χ1n) is 12.1. The van der Waals surface area contributed by atoms with Crippen molar-refractivity contribution in [1.82, 2.24) is 10.6 Å². The highest BCUT2D eigenvalue weighted by atomic mass is 16.5. The van der Waals surface area contributed by atoms with E-state index in [9.17, 15) is 15.0 Å². The molecule has 4 atom stereocenters. The first-order valence-corrected chi connectivity index (χ1v) is 12.1. The molecule has 0 bridgehead atoms. The van der Waals surface area contributed by atoms with Gasteiger partial charge in [0.25, 0.3) is 0 Å². The fourth-order valence-electron chi connectivity index (χ4n) is 4.55. The summed E-state index contributed by atoms with van der Waals surface area (Å²) < 4.78 is 12.0. The van der Waals surface area contributed by atoms with Crippen molar-refractivity contribution in [2.45, 2.75) is 37.1 Å². The van der Waals surface area contributed by atoms with Crippen LogP contribution in [-0.4, -0.2) is 41.6 Å². The van der Waals surface area contributed by atoms with Crippen molar-refractivity contribution in [3.63, 3.8) is 0 Å². The van der Waals surface area contributed by atoms with Gasteiger partial charge in [-0.3, -0.25) is 0 Å². The molecule has 1 amide bonds. The van der Waals surface area contributed by atoms with Crippen LogP contribution < -0.4 is 15.4 Å². The maximum absolute atomic E-state index is 11.4. The van der Waals surface area contributed by atoms with Crippen molar-refractivity contribution in [3.05, 3.63) is 108 Å². The molecule has 7 nitrogen and oxygen atoms in total. The number of nitrogens with one attached hydrogen (secondary N) is 2. The molecule has 0 saturated heterocycles. The number of fused-ring (bicyclic) bond motifs is 1. The maximum atomic E-state index is 11.4. The molecular weight excluding hydrogens is 456 g/mol. The van der Waals surface area contributed by atoms with Gasteiger partial charge >= 0.3 is 6.09 Å². The zero-order valence-electron chi connectivity index (χ0n) is 20.0. The largest absolute Gasteiger partial charge is 0.465 e. The van der Waals surface area contributed by atoms with Crippen LogP contribution in [0.15, 0.2) is 91.5 Å². The zero-order valence-corrected chi connectivity index (χ0v) is 20.0. The molecule has 3 unspecified atom stereocenters. The van der Waals surface area contributed by atoms with E-state index in [1.54, 1.807) is 6.08 Å². The monoisotopic (exact) mass is 488 g/mol. The number of aliphatic hydroxyl groups excluding tert-OH is 1. The fourth-order valence-corrected chi connectivity index (χ4v) is 4.55.